The summed E-state index contributed by atoms with van der Waals surface area (Å²) < 4.78 is 0.427. The molecule has 0 bridgehead atoms. The first kappa shape index (κ1) is 20.8. The van der Waals surface area contributed by atoms with E-state index in [0.717, 1.165) is 24.0 Å². The lowest BCUT2D eigenvalue weighted by Gasteiger charge is -2.42. The highest BCUT2D eigenvalue weighted by Gasteiger charge is 2.37. The molecule has 0 amide bonds. The fourth-order valence-corrected chi connectivity index (χ4v) is 4.64. The largest absolute Gasteiger partial charge is 0.478 e. The monoisotopic (exact) mass is 442 g/mol. The van der Waals surface area contributed by atoms with Crippen molar-refractivity contribution in [1.82, 2.24) is 0 Å². The molecule has 0 heterocycles. The van der Waals surface area contributed by atoms with Gasteiger partial charge in [0.05, 0.1) is 5.56 Å². The zero-order chi connectivity index (χ0) is 20.9. The summed E-state index contributed by atoms with van der Waals surface area (Å²) in [5.74, 6) is -1.02. The van der Waals surface area contributed by atoms with E-state index in [1.807, 2.05) is 0 Å². The smallest absolute Gasteiger partial charge is 0.336 e. The minimum absolute atomic E-state index is 0.00596. The molecule has 0 fully saturated rings. The molecule has 0 radical (unpaired) electrons. The van der Waals surface area contributed by atoms with E-state index < -0.39 is 5.97 Å². The van der Waals surface area contributed by atoms with Gasteiger partial charge in [-0.3, -0.25) is 4.79 Å². The number of rotatable bonds is 4. The lowest BCUT2D eigenvalue weighted by Crippen LogP contribution is -2.34. The van der Waals surface area contributed by atoms with Crippen molar-refractivity contribution >= 4 is 27.7 Å². The van der Waals surface area contributed by atoms with E-state index in [9.17, 15) is 9.59 Å². The Morgan fingerprint density at radius 1 is 1.00 bits per heavy atom. The number of carboxylic acid groups (broad SMARTS) is 1. The molecule has 2 aromatic carbocycles. The summed E-state index contributed by atoms with van der Waals surface area (Å²) >= 11 is 3.26. The van der Waals surface area contributed by atoms with Gasteiger partial charge in [-0.1, -0.05) is 45.9 Å². The van der Waals surface area contributed by atoms with Gasteiger partial charge >= 0.3 is 5.97 Å². The van der Waals surface area contributed by atoms with Crippen LogP contribution in [0.4, 0.5) is 0 Å². The summed E-state index contributed by atoms with van der Waals surface area (Å²) in [6, 6.07) is 9.17. The first-order chi connectivity index (χ1) is 12.9. The lowest BCUT2D eigenvalue weighted by atomic mass is 9.62. The Hall–Kier alpha value is -1.94. The van der Waals surface area contributed by atoms with Crippen LogP contribution in [0.25, 0.3) is 0 Å². The number of carbonyl (C=O) groups is 2. The molecule has 4 heteroatoms. The van der Waals surface area contributed by atoms with E-state index in [4.69, 9.17) is 5.11 Å². The fourth-order valence-electron chi connectivity index (χ4n) is 4.09. The van der Waals surface area contributed by atoms with Crippen LogP contribution in [0.2, 0.25) is 0 Å². The molecule has 0 spiro atoms. The Bertz CT molecular complexity index is 970. The van der Waals surface area contributed by atoms with Crippen molar-refractivity contribution < 1.29 is 14.7 Å². The number of Topliss-reactive ketones (excluding diaryl/α,β-unsaturated/α-hetero) is 1. The van der Waals surface area contributed by atoms with Crippen LogP contribution in [0.1, 0.15) is 83.5 Å². The van der Waals surface area contributed by atoms with Gasteiger partial charge in [0.15, 0.2) is 5.78 Å². The molecule has 0 aromatic heterocycles. The van der Waals surface area contributed by atoms with Crippen LogP contribution < -0.4 is 0 Å². The maximum Gasteiger partial charge on any atom is 0.336 e. The summed E-state index contributed by atoms with van der Waals surface area (Å²) in [4.78, 5) is 24.1. The Morgan fingerprint density at radius 2 is 1.57 bits per heavy atom. The van der Waals surface area contributed by atoms with Gasteiger partial charge in [-0.25, -0.2) is 4.79 Å². The molecule has 2 aromatic rings. The number of ketones is 1. The van der Waals surface area contributed by atoms with Crippen molar-refractivity contribution in [2.24, 2.45) is 0 Å². The number of hydrogen-bond acceptors (Lipinski definition) is 2. The summed E-state index contributed by atoms with van der Waals surface area (Å²) in [5.41, 5.74) is 5.86. The number of fused-ring (bicyclic) bond motifs is 1. The SMILES string of the molecule is Cc1cc2c(cc1CC(=O)c1ccc(C(=O)O)c(Br)c1)C(C)(C)CCC2(C)C. The van der Waals surface area contributed by atoms with Gasteiger partial charge in [-0.15, -0.1) is 0 Å². The quantitative estimate of drug-likeness (QED) is 0.570. The van der Waals surface area contributed by atoms with Gasteiger partial charge in [0.25, 0.3) is 0 Å². The number of aryl methyl sites for hydroxylation is 1. The summed E-state index contributed by atoms with van der Waals surface area (Å²) in [5, 5.41) is 9.16. The lowest BCUT2D eigenvalue weighted by molar-refractivity contribution is 0.0695. The number of carboxylic acids is 1. The molecule has 0 unspecified atom stereocenters. The van der Waals surface area contributed by atoms with Gasteiger partial charge < -0.3 is 5.11 Å². The van der Waals surface area contributed by atoms with E-state index in [-0.39, 0.29) is 22.2 Å². The van der Waals surface area contributed by atoms with Crippen LogP contribution in [0.15, 0.2) is 34.8 Å². The van der Waals surface area contributed by atoms with Crippen LogP contribution in [0.3, 0.4) is 0 Å². The summed E-state index contributed by atoms with van der Waals surface area (Å²) in [7, 11) is 0. The first-order valence-corrected chi connectivity index (χ1v) is 10.4. The van der Waals surface area contributed by atoms with E-state index in [2.05, 4.69) is 62.7 Å². The predicted octanol–water partition coefficient (Wildman–Crippen LogP) is 6.23. The van der Waals surface area contributed by atoms with Crippen molar-refractivity contribution in [1.29, 1.82) is 0 Å². The van der Waals surface area contributed by atoms with E-state index in [1.54, 1.807) is 12.1 Å². The van der Waals surface area contributed by atoms with E-state index in [1.165, 1.54) is 17.2 Å². The maximum atomic E-state index is 12.9. The van der Waals surface area contributed by atoms with Crippen molar-refractivity contribution in [3.63, 3.8) is 0 Å². The second kappa shape index (κ2) is 7.14. The highest BCUT2D eigenvalue weighted by Crippen LogP contribution is 2.46. The van der Waals surface area contributed by atoms with Crippen LogP contribution in [0, 0.1) is 6.92 Å². The maximum absolute atomic E-state index is 12.9. The Morgan fingerprint density at radius 3 is 2.11 bits per heavy atom. The van der Waals surface area contributed by atoms with Gasteiger partial charge in [0, 0.05) is 16.5 Å². The molecular weight excluding hydrogens is 416 g/mol. The molecule has 1 aliphatic rings. The number of hydrogen-bond donors (Lipinski definition) is 1. The highest BCUT2D eigenvalue weighted by molar-refractivity contribution is 9.10. The molecule has 3 nitrogen and oxygen atoms in total. The minimum atomic E-state index is -1.01. The van der Waals surface area contributed by atoms with Crippen LogP contribution >= 0.6 is 15.9 Å². The Kier molecular flexibility index (Phi) is 5.30. The second-order valence-electron chi connectivity index (χ2n) is 9.19. The van der Waals surface area contributed by atoms with Gasteiger partial charge in [-0.2, -0.15) is 0 Å². The molecule has 28 heavy (non-hydrogen) atoms. The van der Waals surface area contributed by atoms with Crippen LogP contribution in [0.5, 0.6) is 0 Å². The predicted molar refractivity (Wildman–Crippen MR) is 116 cm³/mol. The van der Waals surface area contributed by atoms with Crippen molar-refractivity contribution in [2.75, 3.05) is 0 Å². The van der Waals surface area contributed by atoms with Crippen molar-refractivity contribution in [3.05, 3.63) is 68.2 Å². The standard InChI is InChI=1S/C24H27BrO3/c1-14-10-18-19(24(4,5)9-8-23(18,2)3)11-16(14)13-21(26)15-6-7-17(22(27)28)20(25)12-15/h6-7,10-12H,8-9,13H2,1-5H3,(H,27,28). The minimum Gasteiger partial charge on any atom is -0.478 e. The van der Waals surface area contributed by atoms with Crippen LogP contribution in [-0.4, -0.2) is 16.9 Å². The zero-order valence-corrected chi connectivity index (χ0v) is 18.7. The number of halogens is 1. The van der Waals surface area contributed by atoms with E-state index in [0.29, 0.717) is 16.5 Å². The third-order valence-electron chi connectivity index (χ3n) is 6.18. The molecule has 1 N–H and O–H groups in total. The first-order valence-electron chi connectivity index (χ1n) is 9.63. The molecule has 0 atom stereocenters. The van der Waals surface area contributed by atoms with Gasteiger partial charge in [0.1, 0.15) is 0 Å². The molecule has 148 valence electrons. The summed E-state index contributed by atoms with van der Waals surface area (Å²) in [6.07, 6.45) is 2.61. The number of benzene rings is 2. The van der Waals surface area contributed by atoms with Crippen molar-refractivity contribution in [3.8, 4) is 0 Å². The highest BCUT2D eigenvalue weighted by atomic mass is 79.9. The third-order valence-corrected chi connectivity index (χ3v) is 6.84. The number of aromatic carboxylic acids is 1. The van der Waals surface area contributed by atoms with Crippen molar-refractivity contribution in [2.45, 2.75) is 64.7 Å². The molecule has 0 saturated carbocycles. The fraction of sp³-hybridized carbons (Fsp3) is 0.417. The second-order valence-corrected chi connectivity index (χ2v) is 10.0. The number of carbonyl (C=O) groups excluding carboxylic acids is 1. The van der Waals surface area contributed by atoms with E-state index >= 15 is 0 Å². The van der Waals surface area contributed by atoms with Crippen LogP contribution in [-0.2, 0) is 17.3 Å². The van der Waals surface area contributed by atoms with Gasteiger partial charge in [-0.05, 0) is 80.9 Å². The summed E-state index contributed by atoms with van der Waals surface area (Å²) in [6.45, 7) is 11.2. The average Bonchev–Trinajstić information content (AvgIpc) is 2.60. The topological polar surface area (TPSA) is 54.4 Å². The Labute approximate surface area is 175 Å². The molecule has 1 aliphatic carbocycles. The Balaban J connectivity index is 1.96. The molecular formula is C24H27BrO3. The molecule has 3 rings (SSSR count). The normalized spacial score (nSPS) is 17.1. The molecule has 0 saturated heterocycles. The molecule has 0 aliphatic heterocycles. The average molecular weight is 443 g/mol. The van der Waals surface area contributed by atoms with Gasteiger partial charge in [0.2, 0.25) is 0 Å². The third kappa shape index (κ3) is 3.80. The zero-order valence-electron chi connectivity index (χ0n) is 17.1.